The molecular weight excluding hydrogens is 312 g/mol. The van der Waals surface area contributed by atoms with Gasteiger partial charge >= 0.3 is 0 Å². The van der Waals surface area contributed by atoms with Crippen LogP contribution in [-0.4, -0.2) is 46.5 Å². The molecule has 1 atom stereocenters. The first-order valence-electron chi connectivity index (χ1n) is 7.01. The molecule has 8 heteroatoms. The molecule has 2 aliphatic rings. The van der Waals surface area contributed by atoms with E-state index in [1.54, 1.807) is 13.2 Å². The quantitative estimate of drug-likeness (QED) is 0.617. The first kappa shape index (κ1) is 15.7. The molecule has 2 aliphatic heterocycles. The zero-order chi connectivity index (χ0) is 15.8. The average molecular weight is 330 g/mol. The zero-order valence-corrected chi connectivity index (χ0v) is 13.0. The molecular formula is C14H18O7S. The highest BCUT2D eigenvalue weighted by atomic mass is 32.2. The first-order valence-corrected chi connectivity index (χ1v) is 8.45. The second-order valence-corrected chi connectivity index (χ2v) is 6.58. The molecule has 7 nitrogen and oxygen atoms in total. The Morgan fingerprint density at radius 1 is 1.32 bits per heavy atom. The van der Waals surface area contributed by atoms with E-state index in [1.807, 2.05) is 0 Å². The van der Waals surface area contributed by atoms with Crippen molar-refractivity contribution in [3.05, 3.63) is 23.3 Å². The lowest BCUT2D eigenvalue weighted by molar-refractivity contribution is -0.320. The number of hydrogen-bond donors (Lipinski definition) is 1. The summed E-state index contributed by atoms with van der Waals surface area (Å²) in [5.41, 5.74) is 1.47. The van der Waals surface area contributed by atoms with E-state index in [-0.39, 0.29) is 10.6 Å². The van der Waals surface area contributed by atoms with Gasteiger partial charge in [0.25, 0.3) is 10.1 Å². The van der Waals surface area contributed by atoms with Crippen molar-refractivity contribution in [1.29, 1.82) is 0 Å². The van der Waals surface area contributed by atoms with Crippen LogP contribution in [0.25, 0.3) is 0 Å². The van der Waals surface area contributed by atoms with Crippen LogP contribution in [0.3, 0.4) is 0 Å². The first-order chi connectivity index (χ1) is 10.5. The maximum absolute atomic E-state index is 11.4. The van der Waals surface area contributed by atoms with Crippen molar-refractivity contribution >= 4 is 10.1 Å². The average Bonchev–Trinajstić information content (AvgIpc) is 2.89. The summed E-state index contributed by atoms with van der Waals surface area (Å²) in [6.07, 6.45) is 1.22. The third kappa shape index (κ3) is 2.61. The van der Waals surface area contributed by atoms with E-state index in [1.165, 1.54) is 6.07 Å². The normalized spacial score (nSPS) is 23.7. The molecule has 1 aromatic carbocycles. The van der Waals surface area contributed by atoms with Gasteiger partial charge in [-0.2, -0.15) is 8.42 Å². The molecule has 0 radical (unpaired) electrons. The Bertz CT molecular complexity index is 664. The highest BCUT2D eigenvalue weighted by molar-refractivity contribution is 7.86. The molecule has 22 heavy (non-hydrogen) atoms. The van der Waals surface area contributed by atoms with Crippen LogP contribution in [0.15, 0.2) is 17.0 Å². The lowest BCUT2D eigenvalue weighted by Gasteiger charge is -2.42. The molecule has 1 N–H and O–H groups in total. The van der Waals surface area contributed by atoms with Crippen LogP contribution in [0.4, 0.5) is 0 Å². The van der Waals surface area contributed by atoms with Crippen molar-refractivity contribution in [2.24, 2.45) is 0 Å². The van der Waals surface area contributed by atoms with Gasteiger partial charge in [0.15, 0.2) is 5.79 Å². The van der Waals surface area contributed by atoms with Gasteiger partial charge in [0, 0.05) is 31.1 Å². The Labute approximate surface area is 128 Å². The second-order valence-electron chi connectivity index (χ2n) is 5.19. The fourth-order valence-electron chi connectivity index (χ4n) is 2.81. The number of ether oxygens (including phenoxy) is 4. The van der Waals surface area contributed by atoms with E-state index in [2.05, 4.69) is 0 Å². The van der Waals surface area contributed by atoms with Gasteiger partial charge in [-0.1, -0.05) is 6.07 Å². The molecule has 0 amide bonds. The van der Waals surface area contributed by atoms with Gasteiger partial charge in [-0.05, 0) is 6.07 Å². The van der Waals surface area contributed by atoms with E-state index in [4.69, 9.17) is 18.9 Å². The molecule has 0 spiro atoms. The lowest BCUT2D eigenvalue weighted by Crippen LogP contribution is -2.44. The number of fused-ring (bicyclic) bond motifs is 1. The van der Waals surface area contributed by atoms with E-state index in [0.29, 0.717) is 44.8 Å². The van der Waals surface area contributed by atoms with Crippen molar-refractivity contribution in [3.8, 4) is 5.75 Å². The van der Waals surface area contributed by atoms with E-state index < -0.39 is 15.9 Å². The third-order valence-corrected chi connectivity index (χ3v) is 4.78. The Morgan fingerprint density at radius 3 is 2.68 bits per heavy atom. The fraction of sp³-hybridized carbons (Fsp3) is 0.571. The monoisotopic (exact) mass is 330 g/mol. The molecule has 0 aliphatic carbocycles. The summed E-state index contributed by atoms with van der Waals surface area (Å²) in [5.74, 6) is -0.682. The highest BCUT2D eigenvalue weighted by Crippen LogP contribution is 2.46. The molecule has 0 saturated carbocycles. The van der Waals surface area contributed by atoms with Gasteiger partial charge in [0.1, 0.15) is 10.6 Å². The topological polar surface area (TPSA) is 91.3 Å². The Hall–Kier alpha value is -1.19. The van der Waals surface area contributed by atoms with Gasteiger partial charge in [-0.15, -0.1) is 0 Å². The molecule has 3 rings (SSSR count). The Balaban J connectivity index is 2.00. The minimum absolute atomic E-state index is 0.199. The number of rotatable bonds is 6. The van der Waals surface area contributed by atoms with Crippen molar-refractivity contribution in [1.82, 2.24) is 0 Å². The van der Waals surface area contributed by atoms with Crippen LogP contribution < -0.4 is 4.74 Å². The van der Waals surface area contributed by atoms with Crippen molar-refractivity contribution in [3.63, 3.8) is 0 Å². The Morgan fingerprint density at radius 2 is 2.09 bits per heavy atom. The molecule has 2 heterocycles. The molecule has 1 fully saturated rings. The van der Waals surface area contributed by atoms with Gasteiger partial charge < -0.3 is 18.9 Å². The summed E-state index contributed by atoms with van der Waals surface area (Å²) in [6.45, 7) is 1.74. The SMILES string of the molecule is COCCOC1(c2ccc(S(=O)(=O)O)c3c2CCO3)CCO1. The van der Waals surface area contributed by atoms with E-state index in [9.17, 15) is 13.0 Å². The zero-order valence-electron chi connectivity index (χ0n) is 12.2. The summed E-state index contributed by atoms with van der Waals surface area (Å²) in [6, 6.07) is 2.96. The summed E-state index contributed by atoms with van der Waals surface area (Å²) < 4.78 is 54.1. The standard InChI is InChI=1S/C14H18O7S/c1-18-8-9-21-14(5-7-20-14)11-2-3-12(22(15,16)17)13-10(11)4-6-19-13/h2-3H,4-9H2,1H3,(H,15,16,17). The predicted molar refractivity (Wildman–Crippen MR) is 75.5 cm³/mol. The Kier molecular flexibility index (Phi) is 4.13. The van der Waals surface area contributed by atoms with Gasteiger partial charge in [-0.3, -0.25) is 4.55 Å². The molecule has 1 saturated heterocycles. The largest absolute Gasteiger partial charge is 0.491 e. The van der Waals surface area contributed by atoms with Gasteiger partial charge in [-0.25, -0.2) is 0 Å². The van der Waals surface area contributed by atoms with Crippen LogP contribution in [-0.2, 0) is 36.5 Å². The van der Waals surface area contributed by atoms with Crippen molar-refractivity contribution < 1.29 is 31.9 Å². The predicted octanol–water partition coefficient (Wildman–Crippen LogP) is 1.10. The third-order valence-electron chi connectivity index (χ3n) is 3.90. The maximum Gasteiger partial charge on any atom is 0.298 e. The molecule has 0 aromatic heterocycles. The van der Waals surface area contributed by atoms with Crippen LogP contribution in [0.1, 0.15) is 17.5 Å². The summed E-state index contributed by atoms with van der Waals surface area (Å²) >= 11 is 0. The molecule has 1 aromatic rings. The summed E-state index contributed by atoms with van der Waals surface area (Å²) in [7, 11) is -2.74. The van der Waals surface area contributed by atoms with E-state index in [0.717, 1.165) is 5.56 Å². The van der Waals surface area contributed by atoms with Crippen molar-refractivity contribution in [2.45, 2.75) is 23.5 Å². The molecule has 1 unspecified atom stereocenters. The van der Waals surface area contributed by atoms with Crippen molar-refractivity contribution in [2.75, 3.05) is 33.5 Å². The molecule has 0 bridgehead atoms. The second kappa shape index (κ2) is 5.78. The maximum atomic E-state index is 11.4. The minimum Gasteiger partial charge on any atom is -0.491 e. The summed E-state index contributed by atoms with van der Waals surface area (Å²) in [5, 5.41) is 0. The minimum atomic E-state index is -4.33. The smallest absolute Gasteiger partial charge is 0.298 e. The van der Waals surface area contributed by atoms with Crippen LogP contribution in [0.2, 0.25) is 0 Å². The number of hydrogen-bond acceptors (Lipinski definition) is 6. The van der Waals surface area contributed by atoms with Crippen LogP contribution >= 0.6 is 0 Å². The molecule has 122 valence electrons. The lowest BCUT2D eigenvalue weighted by atomic mass is 9.92. The van der Waals surface area contributed by atoms with E-state index >= 15 is 0 Å². The van der Waals surface area contributed by atoms with Gasteiger partial charge in [0.05, 0.1) is 26.4 Å². The summed E-state index contributed by atoms with van der Waals surface area (Å²) in [4.78, 5) is -0.213. The highest BCUT2D eigenvalue weighted by Gasteiger charge is 2.45. The number of methoxy groups -OCH3 is 1. The van der Waals surface area contributed by atoms with Crippen LogP contribution in [0.5, 0.6) is 5.75 Å². The van der Waals surface area contributed by atoms with Gasteiger partial charge in [0.2, 0.25) is 0 Å². The fourth-order valence-corrected chi connectivity index (χ4v) is 3.47. The number of benzene rings is 1. The van der Waals surface area contributed by atoms with Crippen LogP contribution in [0, 0.1) is 0 Å².